The lowest BCUT2D eigenvalue weighted by Crippen LogP contribution is -2.46. The molecule has 1 aromatic rings. The van der Waals surface area contributed by atoms with E-state index in [9.17, 15) is 9.59 Å². The zero-order valence-electron chi connectivity index (χ0n) is 11.4. The van der Waals surface area contributed by atoms with Gasteiger partial charge in [-0.2, -0.15) is 0 Å². The number of nitrogens with zero attached hydrogens (tertiary/aromatic N) is 2. The number of anilines is 1. The van der Waals surface area contributed by atoms with Crippen molar-refractivity contribution in [1.82, 2.24) is 10.3 Å². The Kier molecular flexibility index (Phi) is 4.59. The minimum absolute atomic E-state index is 0.0502. The normalized spacial score (nSPS) is 14.0. The molecule has 7 heteroatoms. The first-order chi connectivity index (χ1) is 9.47. The van der Waals surface area contributed by atoms with Crippen LogP contribution in [0.25, 0.3) is 0 Å². The van der Waals surface area contributed by atoms with Gasteiger partial charge < -0.3 is 10.1 Å². The van der Waals surface area contributed by atoms with Crippen LogP contribution in [0, 0.1) is 5.92 Å². The maximum atomic E-state index is 11.9. The number of pyridine rings is 1. The number of fused-ring (bicyclic) bond motifs is 1. The van der Waals surface area contributed by atoms with Crippen molar-refractivity contribution in [2.24, 2.45) is 5.92 Å². The summed E-state index contributed by atoms with van der Waals surface area (Å²) < 4.78 is 5.88. The highest BCUT2D eigenvalue weighted by molar-refractivity contribution is 9.10. The summed E-state index contributed by atoms with van der Waals surface area (Å²) in [6, 6.07) is 3.45. The summed E-state index contributed by atoms with van der Waals surface area (Å²) >= 11 is 3.25. The van der Waals surface area contributed by atoms with E-state index in [0.29, 0.717) is 28.6 Å². The largest absolute Gasteiger partial charge is 0.480 e. The van der Waals surface area contributed by atoms with Gasteiger partial charge in [-0.25, -0.2) is 4.98 Å². The monoisotopic (exact) mass is 341 g/mol. The summed E-state index contributed by atoms with van der Waals surface area (Å²) in [7, 11) is 0. The van der Waals surface area contributed by atoms with Crippen LogP contribution in [0.3, 0.4) is 0 Å². The van der Waals surface area contributed by atoms with E-state index in [1.165, 1.54) is 4.90 Å². The fourth-order valence-electron chi connectivity index (χ4n) is 1.73. The van der Waals surface area contributed by atoms with Crippen molar-refractivity contribution in [1.29, 1.82) is 0 Å². The van der Waals surface area contributed by atoms with Crippen LogP contribution < -0.4 is 15.0 Å². The van der Waals surface area contributed by atoms with Gasteiger partial charge in [0.05, 0.1) is 0 Å². The average Bonchev–Trinajstić information content (AvgIpc) is 2.40. The third-order valence-corrected chi connectivity index (χ3v) is 3.16. The summed E-state index contributed by atoms with van der Waals surface area (Å²) in [6.07, 6.45) is 0. The van der Waals surface area contributed by atoms with Crippen LogP contribution in [0.2, 0.25) is 0 Å². The molecular weight excluding hydrogens is 326 g/mol. The molecule has 2 heterocycles. The second kappa shape index (κ2) is 6.21. The lowest BCUT2D eigenvalue weighted by molar-refractivity contribution is -0.125. The first-order valence-electron chi connectivity index (χ1n) is 6.33. The van der Waals surface area contributed by atoms with Gasteiger partial charge in [0.15, 0.2) is 18.2 Å². The maximum Gasteiger partial charge on any atom is 0.266 e. The molecule has 6 nitrogen and oxygen atoms in total. The molecule has 2 rings (SSSR count). The van der Waals surface area contributed by atoms with Crippen LogP contribution in [0.1, 0.15) is 13.8 Å². The standard InChI is InChI=1S/C13H16BrN3O3/c1-8(2)5-15-11(18)6-17-12(19)7-20-9-3-4-10(14)16-13(9)17/h3-4,8H,5-7H2,1-2H3,(H,15,18). The molecule has 0 atom stereocenters. The number of hydrogen-bond acceptors (Lipinski definition) is 4. The Morgan fingerprint density at radius 3 is 3.00 bits per heavy atom. The summed E-state index contributed by atoms with van der Waals surface area (Å²) in [5, 5.41) is 2.78. The number of amides is 2. The topological polar surface area (TPSA) is 71.5 Å². The van der Waals surface area contributed by atoms with Crippen molar-refractivity contribution >= 4 is 33.6 Å². The van der Waals surface area contributed by atoms with Crippen molar-refractivity contribution < 1.29 is 14.3 Å². The summed E-state index contributed by atoms with van der Waals surface area (Å²) in [5.41, 5.74) is 0. The zero-order chi connectivity index (χ0) is 14.7. The van der Waals surface area contributed by atoms with Gasteiger partial charge in [-0.05, 0) is 34.0 Å². The number of carbonyl (C=O) groups is 2. The zero-order valence-corrected chi connectivity index (χ0v) is 12.9. The molecule has 0 saturated carbocycles. The number of rotatable bonds is 4. The van der Waals surface area contributed by atoms with E-state index < -0.39 is 0 Å². The number of carbonyl (C=O) groups excluding carboxylic acids is 2. The molecule has 108 valence electrons. The summed E-state index contributed by atoms with van der Waals surface area (Å²) in [5.74, 6) is 0.753. The number of hydrogen-bond donors (Lipinski definition) is 1. The smallest absolute Gasteiger partial charge is 0.266 e. The molecule has 0 aromatic carbocycles. The quantitative estimate of drug-likeness (QED) is 0.839. The van der Waals surface area contributed by atoms with Crippen LogP contribution >= 0.6 is 15.9 Å². The first-order valence-corrected chi connectivity index (χ1v) is 7.13. The molecule has 0 spiro atoms. The molecule has 1 aliphatic rings. The van der Waals surface area contributed by atoms with Gasteiger partial charge in [0.2, 0.25) is 5.91 Å². The molecule has 0 fully saturated rings. The van der Waals surface area contributed by atoms with Crippen LogP contribution in [0.5, 0.6) is 5.75 Å². The van der Waals surface area contributed by atoms with E-state index in [1.807, 2.05) is 13.8 Å². The van der Waals surface area contributed by atoms with Crippen molar-refractivity contribution in [2.75, 3.05) is 24.6 Å². The molecular formula is C13H16BrN3O3. The van der Waals surface area contributed by atoms with Gasteiger partial charge >= 0.3 is 0 Å². The molecule has 1 aliphatic heterocycles. The van der Waals surface area contributed by atoms with Gasteiger partial charge in [-0.1, -0.05) is 13.8 Å². The Morgan fingerprint density at radius 2 is 2.30 bits per heavy atom. The van der Waals surface area contributed by atoms with E-state index in [2.05, 4.69) is 26.2 Å². The fraction of sp³-hybridized carbons (Fsp3) is 0.462. The molecule has 1 aromatic heterocycles. The third-order valence-electron chi connectivity index (χ3n) is 2.72. The Bertz CT molecular complexity index is 534. The molecule has 0 aliphatic carbocycles. The van der Waals surface area contributed by atoms with Crippen LogP contribution in [0.4, 0.5) is 5.82 Å². The molecule has 2 amide bonds. The van der Waals surface area contributed by atoms with E-state index in [4.69, 9.17) is 4.74 Å². The second-order valence-electron chi connectivity index (χ2n) is 4.92. The Balaban J connectivity index is 2.13. The van der Waals surface area contributed by atoms with E-state index in [1.54, 1.807) is 12.1 Å². The van der Waals surface area contributed by atoms with Crippen LogP contribution in [-0.4, -0.2) is 36.5 Å². The minimum Gasteiger partial charge on any atom is -0.480 e. The average molecular weight is 342 g/mol. The predicted molar refractivity (Wildman–Crippen MR) is 77.6 cm³/mol. The van der Waals surface area contributed by atoms with Crippen molar-refractivity contribution in [2.45, 2.75) is 13.8 Å². The third kappa shape index (κ3) is 3.47. The molecule has 0 bridgehead atoms. The van der Waals surface area contributed by atoms with Gasteiger partial charge in [-0.15, -0.1) is 0 Å². The Morgan fingerprint density at radius 1 is 1.55 bits per heavy atom. The van der Waals surface area contributed by atoms with Crippen molar-refractivity contribution in [3.05, 3.63) is 16.7 Å². The van der Waals surface area contributed by atoms with Crippen LogP contribution in [0.15, 0.2) is 16.7 Å². The van der Waals surface area contributed by atoms with Gasteiger partial charge in [-0.3, -0.25) is 14.5 Å². The molecule has 20 heavy (non-hydrogen) atoms. The predicted octanol–water partition coefficient (Wildman–Crippen LogP) is 1.34. The first kappa shape index (κ1) is 14.8. The second-order valence-corrected chi connectivity index (χ2v) is 5.73. The van der Waals surface area contributed by atoms with E-state index in [0.717, 1.165) is 0 Å². The van der Waals surface area contributed by atoms with E-state index in [-0.39, 0.29) is 25.0 Å². The van der Waals surface area contributed by atoms with Gasteiger partial charge in [0.1, 0.15) is 11.1 Å². The van der Waals surface area contributed by atoms with Crippen LogP contribution in [-0.2, 0) is 9.59 Å². The minimum atomic E-state index is -0.275. The lowest BCUT2D eigenvalue weighted by atomic mass is 10.2. The van der Waals surface area contributed by atoms with Crippen molar-refractivity contribution in [3.63, 3.8) is 0 Å². The van der Waals surface area contributed by atoms with Gasteiger partial charge in [0.25, 0.3) is 5.91 Å². The van der Waals surface area contributed by atoms with Gasteiger partial charge in [0, 0.05) is 6.54 Å². The molecule has 0 unspecified atom stereocenters. The highest BCUT2D eigenvalue weighted by atomic mass is 79.9. The lowest BCUT2D eigenvalue weighted by Gasteiger charge is -2.27. The number of nitrogens with one attached hydrogen (secondary N) is 1. The SMILES string of the molecule is CC(C)CNC(=O)CN1C(=O)COc2ccc(Br)nc21. The highest BCUT2D eigenvalue weighted by Gasteiger charge is 2.28. The Labute approximate surface area is 125 Å². The highest BCUT2D eigenvalue weighted by Crippen LogP contribution is 2.31. The fourth-order valence-corrected chi connectivity index (χ4v) is 2.03. The number of aromatic nitrogens is 1. The Hall–Kier alpha value is -1.63. The molecule has 0 radical (unpaired) electrons. The molecule has 0 saturated heterocycles. The number of ether oxygens (including phenoxy) is 1. The van der Waals surface area contributed by atoms with Crippen molar-refractivity contribution in [3.8, 4) is 5.75 Å². The summed E-state index contributed by atoms with van der Waals surface area (Å²) in [4.78, 5) is 29.3. The maximum absolute atomic E-state index is 11.9. The summed E-state index contributed by atoms with van der Waals surface area (Å²) in [6.45, 7) is 4.47. The van der Waals surface area contributed by atoms with E-state index >= 15 is 0 Å². The molecule has 1 N–H and O–H groups in total. The number of halogens is 1.